The number of aromatic amines is 1. The average Bonchev–Trinajstić information content (AvgIpc) is 3.08. The summed E-state index contributed by atoms with van der Waals surface area (Å²) >= 11 is 0. The average molecular weight is 405 g/mol. The van der Waals surface area contributed by atoms with Crippen molar-refractivity contribution in [3.63, 3.8) is 0 Å². The molecule has 1 aromatic heterocycles. The molecule has 1 saturated heterocycles. The van der Waals surface area contributed by atoms with Gasteiger partial charge in [0.2, 0.25) is 0 Å². The van der Waals surface area contributed by atoms with Gasteiger partial charge in [-0.2, -0.15) is 0 Å². The summed E-state index contributed by atoms with van der Waals surface area (Å²) in [6.07, 6.45) is 1.94. The minimum atomic E-state index is -0.0122. The number of hydrogen-bond acceptors (Lipinski definition) is 5. The minimum absolute atomic E-state index is 0.0122. The number of H-pyrrole nitrogens is 1. The number of carbonyl (C=O) groups excluding carboxylic acids is 1. The van der Waals surface area contributed by atoms with Gasteiger partial charge >= 0.3 is 0 Å². The van der Waals surface area contributed by atoms with Crippen molar-refractivity contribution in [3.8, 4) is 11.6 Å². The third kappa shape index (κ3) is 3.96. The van der Waals surface area contributed by atoms with Crippen molar-refractivity contribution in [1.29, 1.82) is 0 Å². The summed E-state index contributed by atoms with van der Waals surface area (Å²) in [5, 5.41) is 11.6. The van der Waals surface area contributed by atoms with Gasteiger partial charge in [0.15, 0.2) is 11.7 Å². The molecule has 3 aromatic rings. The monoisotopic (exact) mass is 405 g/mol. The van der Waals surface area contributed by atoms with Crippen molar-refractivity contribution in [1.82, 2.24) is 9.88 Å². The number of benzene rings is 2. The smallest absolute Gasteiger partial charge is 0.199 e. The molecule has 0 amide bonds. The molecule has 1 aliphatic heterocycles. The Morgan fingerprint density at radius 3 is 2.43 bits per heavy atom. The third-order valence-electron chi connectivity index (χ3n) is 5.79. The number of nitrogens with zero attached hydrogens (tertiary/aromatic N) is 2. The number of carbonyl (C=O) groups is 1. The van der Waals surface area contributed by atoms with Crippen molar-refractivity contribution in [2.24, 2.45) is 4.99 Å². The summed E-state index contributed by atoms with van der Waals surface area (Å²) < 4.78 is 5.30. The van der Waals surface area contributed by atoms with Gasteiger partial charge in [0.25, 0.3) is 0 Å². The number of likely N-dealkylation sites (tertiary alicyclic amines) is 1. The first-order valence-corrected chi connectivity index (χ1v) is 10.2. The number of methoxy groups -OCH3 is 1. The number of piperidine rings is 1. The molecular formula is C24H27N3O3. The van der Waals surface area contributed by atoms with E-state index < -0.39 is 0 Å². The zero-order valence-electron chi connectivity index (χ0n) is 17.6. The van der Waals surface area contributed by atoms with Crippen LogP contribution in [-0.4, -0.2) is 59.8 Å². The third-order valence-corrected chi connectivity index (χ3v) is 5.79. The number of aliphatic imine (C=N–C) groups is 1. The first-order valence-electron chi connectivity index (χ1n) is 10.2. The molecule has 2 N–H and O–H groups in total. The van der Waals surface area contributed by atoms with Crippen LogP contribution in [0, 0.1) is 0 Å². The Hall–Kier alpha value is -3.12. The highest BCUT2D eigenvalue weighted by atomic mass is 16.5. The van der Waals surface area contributed by atoms with Crippen LogP contribution in [0.5, 0.6) is 11.6 Å². The molecule has 4 rings (SSSR count). The highest BCUT2D eigenvalue weighted by Gasteiger charge is 2.22. The summed E-state index contributed by atoms with van der Waals surface area (Å²) in [5.41, 5.74) is 3.65. The molecule has 0 saturated carbocycles. The summed E-state index contributed by atoms with van der Waals surface area (Å²) in [7, 11) is 3.76. The number of ether oxygens (including phenoxy) is 1. The number of aromatic nitrogens is 1. The van der Waals surface area contributed by atoms with Gasteiger partial charge in [-0.3, -0.25) is 9.79 Å². The van der Waals surface area contributed by atoms with E-state index in [0.29, 0.717) is 11.1 Å². The van der Waals surface area contributed by atoms with E-state index in [1.165, 1.54) is 0 Å². The maximum Gasteiger partial charge on any atom is 0.199 e. The van der Waals surface area contributed by atoms with Crippen LogP contribution < -0.4 is 4.74 Å². The topological polar surface area (TPSA) is 77.9 Å². The van der Waals surface area contributed by atoms with E-state index in [4.69, 9.17) is 9.73 Å². The zero-order chi connectivity index (χ0) is 21.3. The van der Waals surface area contributed by atoms with E-state index in [-0.39, 0.29) is 17.7 Å². The molecule has 0 atom stereocenters. The molecule has 2 aromatic carbocycles. The number of fused-ring (bicyclic) bond motifs is 1. The number of ketones is 1. The van der Waals surface area contributed by atoms with E-state index in [0.717, 1.165) is 53.9 Å². The van der Waals surface area contributed by atoms with Gasteiger partial charge < -0.3 is 19.7 Å². The van der Waals surface area contributed by atoms with E-state index in [9.17, 15) is 9.90 Å². The Morgan fingerprint density at radius 1 is 1.13 bits per heavy atom. The number of nitrogens with one attached hydrogen (secondary N) is 1. The summed E-state index contributed by atoms with van der Waals surface area (Å²) in [5.74, 6) is 0.814. The zero-order valence-corrected chi connectivity index (χ0v) is 17.6. The predicted molar refractivity (Wildman–Crippen MR) is 119 cm³/mol. The second-order valence-electron chi connectivity index (χ2n) is 7.91. The molecule has 0 aliphatic carbocycles. The number of hydrogen-bond donors (Lipinski definition) is 2. The van der Waals surface area contributed by atoms with E-state index in [1.807, 2.05) is 36.4 Å². The summed E-state index contributed by atoms with van der Waals surface area (Å²) in [6, 6.07) is 13.3. The lowest BCUT2D eigenvalue weighted by molar-refractivity contribution is 0.101. The van der Waals surface area contributed by atoms with Gasteiger partial charge in [0.1, 0.15) is 5.75 Å². The quantitative estimate of drug-likeness (QED) is 0.497. The molecule has 156 valence electrons. The van der Waals surface area contributed by atoms with Crippen molar-refractivity contribution in [2.45, 2.75) is 25.8 Å². The van der Waals surface area contributed by atoms with E-state index >= 15 is 0 Å². The van der Waals surface area contributed by atoms with Crippen LogP contribution in [-0.2, 0) is 0 Å². The van der Waals surface area contributed by atoms with Crippen molar-refractivity contribution < 1.29 is 14.6 Å². The molecule has 0 bridgehead atoms. The van der Waals surface area contributed by atoms with Gasteiger partial charge in [-0.1, -0.05) is 0 Å². The van der Waals surface area contributed by atoms with E-state index in [1.54, 1.807) is 20.1 Å². The molecule has 0 unspecified atom stereocenters. The fourth-order valence-corrected chi connectivity index (χ4v) is 3.98. The lowest BCUT2D eigenvalue weighted by atomic mass is 9.97. The standard InChI is InChI=1S/C24H27N3O3/c1-15(28)17-6-9-21-20(14-17)22(24(29)26-21)23(16-4-7-19(30-3)8-5-16)25-18-10-12-27(2)13-11-18/h4-9,14,18,26,29H,10-13H2,1-3H3. The van der Waals surface area contributed by atoms with Gasteiger partial charge in [0.05, 0.1) is 24.4 Å². The summed E-state index contributed by atoms with van der Waals surface area (Å²) in [6.45, 7) is 3.54. The van der Waals surface area contributed by atoms with Crippen molar-refractivity contribution in [2.75, 3.05) is 27.2 Å². The minimum Gasteiger partial charge on any atom is -0.497 e. The van der Waals surface area contributed by atoms with Crippen molar-refractivity contribution >= 4 is 22.4 Å². The molecule has 0 radical (unpaired) electrons. The van der Waals surface area contributed by atoms with Gasteiger partial charge in [-0.15, -0.1) is 0 Å². The van der Waals surface area contributed by atoms with Crippen molar-refractivity contribution in [3.05, 3.63) is 59.2 Å². The van der Waals surface area contributed by atoms with E-state index in [2.05, 4.69) is 16.9 Å². The van der Waals surface area contributed by atoms with Crippen LogP contribution in [0.2, 0.25) is 0 Å². The molecule has 6 nitrogen and oxygen atoms in total. The van der Waals surface area contributed by atoms with Gasteiger partial charge in [-0.05, 0) is 82.4 Å². The Kier molecular flexibility index (Phi) is 5.59. The maximum absolute atomic E-state index is 11.9. The molecule has 6 heteroatoms. The lowest BCUT2D eigenvalue weighted by Crippen LogP contribution is -2.32. The number of rotatable bonds is 5. The fourth-order valence-electron chi connectivity index (χ4n) is 3.98. The Labute approximate surface area is 176 Å². The first-order chi connectivity index (χ1) is 14.5. The van der Waals surface area contributed by atoms with Crippen LogP contribution in [0.1, 0.15) is 41.3 Å². The SMILES string of the molecule is COc1ccc(C(=NC2CCN(C)CC2)c2c(O)[nH]c3ccc(C(C)=O)cc23)cc1. The van der Waals surface area contributed by atoms with Crippen LogP contribution in [0.4, 0.5) is 0 Å². The Morgan fingerprint density at radius 2 is 1.80 bits per heavy atom. The second kappa shape index (κ2) is 8.32. The maximum atomic E-state index is 11.9. The van der Waals surface area contributed by atoms with Gasteiger partial charge in [0, 0.05) is 22.0 Å². The molecule has 30 heavy (non-hydrogen) atoms. The highest BCUT2D eigenvalue weighted by Crippen LogP contribution is 2.32. The Balaban J connectivity index is 1.87. The second-order valence-corrected chi connectivity index (χ2v) is 7.91. The largest absolute Gasteiger partial charge is 0.497 e. The molecule has 0 spiro atoms. The molecule has 1 fully saturated rings. The highest BCUT2D eigenvalue weighted by molar-refractivity contribution is 6.21. The van der Waals surface area contributed by atoms with Crippen LogP contribution in [0.15, 0.2) is 47.5 Å². The number of aromatic hydroxyl groups is 1. The van der Waals surface area contributed by atoms with Crippen LogP contribution in [0.25, 0.3) is 10.9 Å². The molecule has 1 aliphatic rings. The first kappa shape index (κ1) is 20.2. The summed E-state index contributed by atoms with van der Waals surface area (Å²) in [4.78, 5) is 22.4. The molecule has 2 heterocycles. The molecular weight excluding hydrogens is 378 g/mol. The normalized spacial score (nSPS) is 16.2. The fraction of sp³-hybridized carbons (Fsp3) is 0.333. The number of Topliss-reactive ketones (excluding diaryl/α,β-unsaturated/α-hetero) is 1. The Bertz CT molecular complexity index is 1090. The lowest BCUT2D eigenvalue weighted by Gasteiger charge is -2.27. The van der Waals surface area contributed by atoms with Gasteiger partial charge in [-0.25, -0.2) is 0 Å². The van der Waals surface area contributed by atoms with Crippen LogP contribution in [0.3, 0.4) is 0 Å². The predicted octanol–water partition coefficient (Wildman–Crippen LogP) is 4.02. The van der Waals surface area contributed by atoms with Crippen LogP contribution >= 0.6 is 0 Å².